The summed E-state index contributed by atoms with van der Waals surface area (Å²) in [7, 11) is 0. The molecule has 0 saturated carbocycles. The summed E-state index contributed by atoms with van der Waals surface area (Å²) >= 11 is 1.76. The minimum atomic E-state index is 0.814. The van der Waals surface area contributed by atoms with E-state index in [4.69, 9.17) is 4.42 Å². The second kappa shape index (κ2) is 2.85. The Kier molecular flexibility index (Phi) is 1.64. The van der Waals surface area contributed by atoms with Gasteiger partial charge in [0.25, 0.3) is 0 Å². The molecule has 14 heavy (non-hydrogen) atoms. The molecule has 0 aliphatic carbocycles. The number of anilines is 1. The number of thiazole rings is 1. The molecule has 0 atom stereocenters. The number of fused-ring (bicyclic) bond motifs is 2. The lowest BCUT2D eigenvalue weighted by Gasteiger charge is -1.98. The van der Waals surface area contributed by atoms with Crippen LogP contribution in [0.5, 0.6) is 0 Å². The van der Waals surface area contributed by atoms with Gasteiger partial charge in [0.15, 0.2) is 0 Å². The summed E-state index contributed by atoms with van der Waals surface area (Å²) in [6.07, 6.45) is 2.54. The van der Waals surface area contributed by atoms with Gasteiger partial charge in [0.2, 0.25) is 0 Å². The second-order valence-corrected chi connectivity index (χ2v) is 4.68. The molecule has 4 heteroatoms. The average molecular weight is 206 g/mol. The topological polar surface area (TPSA) is 38.1 Å². The van der Waals surface area contributed by atoms with E-state index in [-0.39, 0.29) is 0 Å². The largest absolute Gasteiger partial charge is 0.467 e. The van der Waals surface area contributed by atoms with E-state index in [1.807, 2.05) is 13.0 Å². The fourth-order valence-corrected chi connectivity index (χ4v) is 2.64. The van der Waals surface area contributed by atoms with E-state index >= 15 is 0 Å². The number of nitrogens with zero attached hydrogens (tertiary/aromatic N) is 1. The zero-order valence-corrected chi connectivity index (χ0v) is 8.65. The van der Waals surface area contributed by atoms with Gasteiger partial charge in [-0.25, -0.2) is 4.98 Å². The average Bonchev–Trinajstić information content (AvgIpc) is 2.69. The highest BCUT2D eigenvalue weighted by Crippen LogP contribution is 2.29. The Hall–Kier alpha value is -1.29. The van der Waals surface area contributed by atoms with Crippen LogP contribution in [-0.2, 0) is 13.0 Å². The van der Waals surface area contributed by atoms with Crippen molar-refractivity contribution in [3.8, 4) is 0 Å². The van der Waals surface area contributed by atoms with Crippen LogP contribution in [-0.4, -0.2) is 4.98 Å². The first-order valence-electron chi connectivity index (χ1n) is 4.58. The molecule has 72 valence electrons. The van der Waals surface area contributed by atoms with E-state index in [9.17, 15) is 0 Å². The molecule has 0 aromatic carbocycles. The molecule has 2 aromatic rings. The van der Waals surface area contributed by atoms with Crippen molar-refractivity contribution in [3.63, 3.8) is 0 Å². The summed E-state index contributed by atoms with van der Waals surface area (Å²) < 4.78 is 5.40. The van der Waals surface area contributed by atoms with Crippen molar-refractivity contribution in [2.75, 3.05) is 5.32 Å². The Balaban J connectivity index is 2.08. The van der Waals surface area contributed by atoms with Gasteiger partial charge in [-0.3, -0.25) is 0 Å². The van der Waals surface area contributed by atoms with Crippen LogP contribution >= 0.6 is 11.3 Å². The number of aryl methyl sites for hydroxylation is 1. The van der Waals surface area contributed by atoms with Crippen LogP contribution in [0.15, 0.2) is 16.7 Å². The van der Waals surface area contributed by atoms with Crippen molar-refractivity contribution >= 4 is 17.0 Å². The highest BCUT2D eigenvalue weighted by Gasteiger charge is 2.17. The van der Waals surface area contributed by atoms with Crippen LogP contribution in [0.25, 0.3) is 0 Å². The maximum Gasteiger partial charge on any atom is 0.132 e. The number of nitrogens with one attached hydrogen (secondary N) is 1. The summed E-state index contributed by atoms with van der Waals surface area (Å²) in [5, 5.41) is 4.48. The summed E-state index contributed by atoms with van der Waals surface area (Å²) in [6.45, 7) is 2.91. The SMILES string of the molecule is Cc1nc2c(s1)CNc1ccoc1C2. The molecule has 0 bridgehead atoms. The molecule has 0 spiro atoms. The van der Waals surface area contributed by atoms with Gasteiger partial charge in [-0.05, 0) is 13.0 Å². The first-order chi connectivity index (χ1) is 6.83. The number of aromatic nitrogens is 1. The van der Waals surface area contributed by atoms with E-state index in [2.05, 4.69) is 10.3 Å². The lowest BCUT2D eigenvalue weighted by molar-refractivity contribution is 0.521. The minimum Gasteiger partial charge on any atom is -0.467 e. The molecule has 0 unspecified atom stereocenters. The third kappa shape index (κ3) is 1.14. The summed E-state index contributed by atoms with van der Waals surface area (Å²) in [5.41, 5.74) is 2.27. The first-order valence-corrected chi connectivity index (χ1v) is 5.40. The highest BCUT2D eigenvalue weighted by molar-refractivity contribution is 7.11. The number of furan rings is 1. The molecular formula is C10H10N2OS. The van der Waals surface area contributed by atoms with Crippen molar-refractivity contribution in [1.29, 1.82) is 0 Å². The molecule has 3 rings (SSSR count). The number of hydrogen-bond acceptors (Lipinski definition) is 4. The van der Waals surface area contributed by atoms with Gasteiger partial charge >= 0.3 is 0 Å². The Bertz CT molecular complexity index is 472. The first kappa shape index (κ1) is 8.05. The normalized spacial score (nSPS) is 14.1. The van der Waals surface area contributed by atoms with Crippen LogP contribution in [0.1, 0.15) is 21.3 Å². The van der Waals surface area contributed by atoms with Gasteiger partial charge in [0.1, 0.15) is 5.76 Å². The van der Waals surface area contributed by atoms with E-state index in [1.54, 1.807) is 17.6 Å². The van der Waals surface area contributed by atoms with Crippen LogP contribution in [0.3, 0.4) is 0 Å². The summed E-state index contributed by atoms with van der Waals surface area (Å²) in [5.74, 6) is 0.994. The standard InChI is InChI=1S/C10H10N2OS/c1-6-12-8-4-9-7(2-3-13-9)11-5-10(8)14-6/h2-3,11H,4-5H2,1H3. The molecule has 3 heterocycles. The van der Waals surface area contributed by atoms with Gasteiger partial charge in [0.05, 0.1) is 35.6 Å². The van der Waals surface area contributed by atoms with Gasteiger partial charge in [-0.15, -0.1) is 11.3 Å². The van der Waals surface area contributed by atoms with Crippen LogP contribution < -0.4 is 5.32 Å². The van der Waals surface area contributed by atoms with Crippen molar-refractivity contribution in [2.24, 2.45) is 0 Å². The quantitative estimate of drug-likeness (QED) is 0.720. The third-order valence-electron chi connectivity index (χ3n) is 2.40. The summed E-state index contributed by atoms with van der Waals surface area (Å²) in [4.78, 5) is 5.84. The second-order valence-electron chi connectivity index (χ2n) is 3.39. The van der Waals surface area contributed by atoms with Crippen LogP contribution in [0.4, 0.5) is 5.69 Å². The van der Waals surface area contributed by atoms with Crippen molar-refractivity contribution in [2.45, 2.75) is 19.9 Å². The van der Waals surface area contributed by atoms with Crippen molar-refractivity contribution in [3.05, 3.63) is 33.7 Å². The molecule has 0 radical (unpaired) electrons. The predicted molar refractivity (Wildman–Crippen MR) is 55.7 cm³/mol. The van der Waals surface area contributed by atoms with Gasteiger partial charge in [0, 0.05) is 4.88 Å². The Morgan fingerprint density at radius 3 is 3.43 bits per heavy atom. The molecular weight excluding hydrogens is 196 g/mol. The molecule has 0 fully saturated rings. The zero-order valence-electron chi connectivity index (χ0n) is 7.83. The highest BCUT2D eigenvalue weighted by atomic mass is 32.1. The maximum absolute atomic E-state index is 5.40. The third-order valence-corrected chi connectivity index (χ3v) is 3.41. The Labute approximate surface area is 85.8 Å². The molecule has 3 nitrogen and oxygen atoms in total. The molecule has 0 saturated heterocycles. The van der Waals surface area contributed by atoms with E-state index in [0.29, 0.717) is 0 Å². The molecule has 0 amide bonds. The van der Waals surface area contributed by atoms with Crippen LogP contribution in [0.2, 0.25) is 0 Å². The maximum atomic E-state index is 5.40. The lowest BCUT2D eigenvalue weighted by Crippen LogP contribution is -1.95. The zero-order chi connectivity index (χ0) is 9.54. The van der Waals surface area contributed by atoms with E-state index in [1.165, 1.54) is 4.88 Å². The lowest BCUT2D eigenvalue weighted by atomic mass is 10.2. The minimum absolute atomic E-state index is 0.814. The molecule has 1 aliphatic rings. The monoisotopic (exact) mass is 206 g/mol. The Morgan fingerprint density at radius 1 is 1.57 bits per heavy atom. The predicted octanol–water partition coefficient (Wildman–Crippen LogP) is 2.56. The van der Waals surface area contributed by atoms with Gasteiger partial charge in [-0.1, -0.05) is 0 Å². The Morgan fingerprint density at radius 2 is 2.50 bits per heavy atom. The van der Waals surface area contributed by atoms with E-state index in [0.717, 1.165) is 35.1 Å². The summed E-state index contributed by atoms with van der Waals surface area (Å²) in [6, 6.07) is 1.97. The van der Waals surface area contributed by atoms with Crippen molar-refractivity contribution in [1.82, 2.24) is 4.98 Å². The van der Waals surface area contributed by atoms with Crippen molar-refractivity contribution < 1.29 is 4.42 Å². The molecule has 2 aromatic heterocycles. The van der Waals surface area contributed by atoms with Gasteiger partial charge < -0.3 is 9.73 Å². The van der Waals surface area contributed by atoms with Crippen LogP contribution in [0, 0.1) is 6.92 Å². The molecule has 1 N–H and O–H groups in total. The van der Waals surface area contributed by atoms with Gasteiger partial charge in [-0.2, -0.15) is 0 Å². The molecule has 1 aliphatic heterocycles. The fraction of sp³-hybridized carbons (Fsp3) is 0.300. The fourth-order valence-electron chi connectivity index (χ4n) is 1.75. The van der Waals surface area contributed by atoms with E-state index < -0.39 is 0 Å². The number of rotatable bonds is 0. The number of hydrogen-bond donors (Lipinski definition) is 1. The smallest absolute Gasteiger partial charge is 0.132 e.